The fourth-order valence-corrected chi connectivity index (χ4v) is 3.81. The minimum atomic E-state index is 0.344. The highest BCUT2D eigenvalue weighted by Gasteiger charge is 2.30. The van der Waals surface area contributed by atoms with Crippen molar-refractivity contribution >= 4 is 5.91 Å². The summed E-state index contributed by atoms with van der Waals surface area (Å²) >= 11 is 0. The van der Waals surface area contributed by atoms with Crippen LogP contribution in [0.2, 0.25) is 0 Å². The molecule has 0 aromatic carbocycles. The van der Waals surface area contributed by atoms with Crippen LogP contribution in [-0.2, 0) is 4.79 Å². The van der Waals surface area contributed by atoms with Gasteiger partial charge in [0, 0.05) is 19.5 Å². The predicted octanol–water partition coefficient (Wildman–Crippen LogP) is 2.76. The number of likely N-dealkylation sites (tertiary alicyclic amines) is 2. The van der Waals surface area contributed by atoms with Crippen LogP contribution in [0.4, 0.5) is 0 Å². The monoisotopic (exact) mass is 266 g/mol. The van der Waals surface area contributed by atoms with Gasteiger partial charge in [-0.3, -0.25) is 4.79 Å². The predicted molar refractivity (Wildman–Crippen MR) is 79.1 cm³/mol. The van der Waals surface area contributed by atoms with Crippen LogP contribution < -0.4 is 0 Å². The number of hydrogen-bond donors (Lipinski definition) is 0. The van der Waals surface area contributed by atoms with Crippen molar-refractivity contribution < 1.29 is 4.79 Å². The molecule has 2 heterocycles. The minimum Gasteiger partial charge on any atom is -0.343 e. The van der Waals surface area contributed by atoms with Crippen molar-refractivity contribution in [3.63, 3.8) is 0 Å². The van der Waals surface area contributed by atoms with Crippen LogP contribution in [0, 0.1) is 11.8 Å². The third-order valence-corrected chi connectivity index (χ3v) is 5.03. The smallest absolute Gasteiger partial charge is 0.222 e. The molecule has 0 spiro atoms. The molecule has 3 heteroatoms. The lowest BCUT2D eigenvalue weighted by molar-refractivity contribution is -0.132. The fourth-order valence-electron chi connectivity index (χ4n) is 3.81. The topological polar surface area (TPSA) is 23.6 Å². The average molecular weight is 266 g/mol. The second-order valence-electron chi connectivity index (χ2n) is 6.25. The number of piperidine rings is 2. The van der Waals surface area contributed by atoms with Crippen LogP contribution in [-0.4, -0.2) is 48.4 Å². The van der Waals surface area contributed by atoms with E-state index in [1.807, 2.05) is 6.92 Å². The normalized spacial score (nSPS) is 23.8. The maximum absolute atomic E-state index is 11.7. The third-order valence-electron chi connectivity index (χ3n) is 5.03. The largest absolute Gasteiger partial charge is 0.343 e. The molecule has 2 saturated heterocycles. The molecule has 3 nitrogen and oxygen atoms in total. The molecule has 2 aliphatic heterocycles. The lowest BCUT2D eigenvalue weighted by atomic mass is 9.78. The van der Waals surface area contributed by atoms with Crippen molar-refractivity contribution in [3.05, 3.63) is 0 Å². The Morgan fingerprint density at radius 2 is 1.47 bits per heavy atom. The highest BCUT2D eigenvalue weighted by molar-refractivity contribution is 5.75. The maximum Gasteiger partial charge on any atom is 0.222 e. The van der Waals surface area contributed by atoms with Crippen molar-refractivity contribution in [3.8, 4) is 0 Å². The molecule has 0 atom stereocenters. The molecule has 2 rings (SSSR count). The summed E-state index contributed by atoms with van der Waals surface area (Å²) in [5, 5.41) is 0. The maximum atomic E-state index is 11.7. The van der Waals surface area contributed by atoms with Crippen molar-refractivity contribution in [1.29, 1.82) is 0 Å². The molecule has 2 fully saturated rings. The lowest BCUT2D eigenvalue weighted by Gasteiger charge is -2.40. The second-order valence-corrected chi connectivity index (χ2v) is 6.25. The Bertz CT molecular complexity index is 276. The van der Waals surface area contributed by atoms with Gasteiger partial charge < -0.3 is 9.80 Å². The van der Waals surface area contributed by atoms with Gasteiger partial charge in [0.05, 0.1) is 0 Å². The van der Waals surface area contributed by atoms with Crippen LogP contribution in [0.15, 0.2) is 0 Å². The van der Waals surface area contributed by atoms with E-state index in [4.69, 9.17) is 0 Å². The summed E-state index contributed by atoms with van der Waals surface area (Å²) in [6.07, 6.45) is 7.19. The van der Waals surface area contributed by atoms with Gasteiger partial charge in [0.2, 0.25) is 5.91 Å². The second kappa shape index (κ2) is 7.28. The Hall–Kier alpha value is -0.570. The molecule has 2 aliphatic rings. The Balaban J connectivity index is 1.72. The zero-order valence-corrected chi connectivity index (χ0v) is 12.7. The summed E-state index contributed by atoms with van der Waals surface area (Å²) in [6, 6.07) is 0. The zero-order chi connectivity index (χ0) is 13.7. The van der Waals surface area contributed by atoms with E-state index in [2.05, 4.69) is 16.7 Å². The summed E-state index contributed by atoms with van der Waals surface area (Å²) in [7, 11) is 0. The Labute approximate surface area is 118 Å². The van der Waals surface area contributed by atoms with Gasteiger partial charge in [0.15, 0.2) is 0 Å². The van der Waals surface area contributed by atoms with E-state index in [1.165, 1.54) is 51.7 Å². The van der Waals surface area contributed by atoms with E-state index >= 15 is 0 Å². The van der Waals surface area contributed by atoms with Gasteiger partial charge in [-0.05, 0) is 63.6 Å². The molecule has 0 unspecified atom stereocenters. The van der Waals surface area contributed by atoms with Crippen molar-refractivity contribution in [1.82, 2.24) is 9.80 Å². The molecule has 0 N–H and O–H groups in total. The van der Waals surface area contributed by atoms with Crippen LogP contribution in [0.5, 0.6) is 0 Å². The number of rotatable bonds is 4. The molecule has 0 saturated carbocycles. The van der Waals surface area contributed by atoms with E-state index in [0.717, 1.165) is 24.9 Å². The van der Waals surface area contributed by atoms with Gasteiger partial charge in [-0.1, -0.05) is 13.8 Å². The van der Waals surface area contributed by atoms with Crippen molar-refractivity contribution in [2.75, 3.05) is 32.7 Å². The molecule has 0 radical (unpaired) electrons. The first-order valence-corrected chi connectivity index (χ1v) is 8.24. The minimum absolute atomic E-state index is 0.344. The highest BCUT2D eigenvalue weighted by Crippen LogP contribution is 2.32. The first kappa shape index (κ1) is 14.8. The Morgan fingerprint density at radius 1 is 0.947 bits per heavy atom. The van der Waals surface area contributed by atoms with Crippen LogP contribution in [0.25, 0.3) is 0 Å². The summed E-state index contributed by atoms with van der Waals surface area (Å²) in [4.78, 5) is 16.4. The van der Waals surface area contributed by atoms with Gasteiger partial charge in [0.25, 0.3) is 0 Å². The average Bonchev–Trinajstić information content (AvgIpc) is 2.48. The first-order valence-electron chi connectivity index (χ1n) is 8.24. The summed E-state index contributed by atoms with van der Waals surface area (Å²) < 4.78 is 0. The van der Waals surface area contributed by atoms with E-state index in [-0.39, 0.29) is 0 Å². The van der Waals surface area contributed by atoms with Gasteiger partial charge >= 0.3 is 0 Å². The van der Waals surface area contributed by atoms with Crippen LogP contribution >= 0.6 is 0 Å². The number of carbonyl (C=O) groups excluding carboxylic acids is 1. The molecule has 19 heavy (non-hydrogen) atoms. The highest BCUT2D eigenvalue weighted by atomic mass is 16.2. The molecule has 0 bridgehead atoms. The Morgan fingerprint density at radius 3 is 1.95 bits per heavy atom. The lowest BCUT2D eigenvalue weighted by Crippen LogP contribution is -2.42. The van der Waals surface area contributed by atoms with Gasteiger partial charge in [-0.2, -0.15) is 0 Å². The Kier molecular flexibility index (Phi) is 5.68. The summed E-state index contributed by atoms with van der Waals surface area (Å²) in [5.41, 5.74) is 0. The van der Waals surface area contributed by atoms with Crippen LogP contribution in [0.1, 0.15) is 52.4 Å². The molecular formula is C16H30N2O. The molecular weight excluding hydrogens is 236 g/mol. The number of hydrogen-bond acceptors (Lipinski definition) is 2. The summed E-state index contributed by atoms with van der Waals surface area (Å²) in [6.45, 7) is 10.1. The van der Waals surface area contributed by atoms with Gasteiger partial charge in [0.1, 0.15) is 0 Å². The van der Waals surface area contributed by atoms with Crippen LogP contribution in [0.3, 0.4) is 0 Å². The molecule has 0 aromatic rings. The van der Waals surface area contributed by atoms with E-state index in [0.29, 0.717) is 12.3 Å². The van der Waals surface area contributed by atoms with E-state index in [1.54, 1.807) is 0 Å². The molecule has 110 valence electrons. The summed E-state index contributed by atoms with van der Waals surface area (Å²) in [5.74, 6) is 2.15. The van der Waals surface area contributed by atoms with Gasteiger partial charge in [-0.15, -0.1) is 0 Å². The first-order chi connectivity index (χ1) is 9.24. The number of nitrogens with zero attached hydrogens (tertiary/aromatic N) is 2. The standard InChI is InChI=1S/C16H30N2O/c1-3-9-17-10-5-14(6-11-17)15-7-12-18(13-8-15)16(19)4-2/h14-15H,3-13H2,1-2H3. The van der Waals surface area contributed by atoms with E-state index in [9.17, 15) is 4.79 Å². The van der Waals surface area contributed by atoms with Crippen molar-refractivity contribution in [2.45, 2.75) is 52.4 Å². The van der Waals surface area contributed by atoms with Gasteiger partial charge in [-0.25, -0.2) is 0 Å². The SMILES string of the molecule is CCCN1CCC(C2CCN(C(=O)CC)CC2)CC1. The molecule has 0 aliphatic carbocycles. The molecule has 0 aromatic heterocycles. The fraction of sp³-hybridized carbons (Fsp3) is 0.938. The molecule has 1 amide bonds. The number of amides is 1. The number of carbonyl (C=O) groups is 1. The quantitative estimate of drug-likeness (QED) is 0.781. The zero-order valence-electron chi connectivity index (χ0n) is 12.7. The van der Waals surface area contributed by atoms with Crippen molar-refractivity contribution in [2.24, 2.45) is 11.8 Å². The third kappa shape index (κ3) is 3.95. The van der Waals surface area contributed by atoms with E-state index < -0.39 is 0 Å².